The SMILES string of the molecule is CCC(=O)C[C@@H](OC(C)=O)[C@H](C)[C@H](O[Si](CC)(CC)CC)C(C)C. The van der Waals surface area contributed by atoms with Crippen LogP contribution in [-0.4, -0.2) is 32.3 Å². The van der Waals surface area contributed by atoms with Crippen molar-refractivity contribution in [2.75, 3.05) is 0 Å². The van der Waals surface area contributed by atoms with Crippen molar-refractivity contribution < 1.29 is 18.8 Å². The predicted molar refractivity (Wildman–Crippen MR) is 102 cm³/mol. The third-order valence-corrected chi connectivity index (χ3v) is 9.86. The van der Waals surface area contributed by atoms with Crippen molar-refractivity contribution in [3.8, 4) is 0 Å². The molecule has 24 heavy (non-hydrogen) atoms. The molecular formula is C19H38O4Si. The van der Waals surface area contributed by atoms with Crippen molar-refractivity contribution >= 4 is 20.1 Å². The van der Waals surface area contributed by atoms with E-state index >= 15 is 0 Å². The molecule has 0 radical (unpaired) electrons. The molecule has 0 aliphatic heterocycles. The van der Waals surface area contributed by atoms with Gasteiger partial charge in [-0.25, -0.2) is 0 Å². The van der Waals surface area contributed by atoms with Gasteiger partial charge in [0.15, 0.2) is 8.32 Å². The highest BCUT2D eigenvalue weighted by Crippen LogP contribution is 2.31. The molecule has 0 aromatic rings. The Kier molecular flexibility index (Phi) is 10.7. The minimum Gasteiger partial charge on any atom is -0.462 e. The van der Waals surface area contributed by atoms with Gasteiger partial charge in [-0.3, -0.25) is 9.59 Å². The van der Waals surface area contributed by atoms with E-state index in [0.717, 1.165) is 18.1 Å². The molecule has 0 aliphatic carbocycles. The van der Waals surface area contributed by atoms with Gasteiger partial charge in [0, 0.05) is 25.7 Å². The number of rotatable bonds is 12. The minimum atomic E-state index is -1.77. The van der Waals surface area contributed by atoms with Crippen molar-refractivity contribution in [2.45, 2.75) is 98.6 Å². The van der Waals surface area contributed by atoms with Crippen LogP contribution in [0.1, 0.15) is 68.2 Å². The molecule has 4 nitrogen and oxygen atoms in total. The van der Waals surface area contributed by atoms with E-state index < -0.39 is 14.4 Å². The molecule has 0 saturated heterocycles. The largest absolute Gasteiger partial charge is 0.462 e. The maximum atomic E-state index is 11.9. The van der Waals surface area contributed by atoms with E-state index in [2.05, 4.69) is 41.5 Å². The second-order valence-corrected chi connectivity index (χ2v) is 11.9. The van der Waals surface area contributed by atoms with Crippen LogP contribution in [0.3, 0.4) is 0 Å². The molecule has 142 valence electrons. The van der Waals surface area contributed by atoms with Crippen molar-refractivity contribution in [3.05, 3.63) is 0 Å². The number of ketones is 1. The van der Waals surface area contributed by atoms with Crippen LogP contribution in [0.15, 0.2) is 0 Å². The Hall–Kier alpha value is -0.683. The van der Waals surface area contributed by atoms with E-state index in [-0.39, 0.29) is 30.2 Å². The highest BCUT2D eigenvalue weighted by Gasteiger charge is 2.38. The van der Waals surface area contributed by atoms with Gasteiger partial charge in [0.25, 0.3) is 0 Å². The van der Waals surface area contributed by atoms with Crippen molar-refractivity contribution in [1.29, 1.82) is 0 Å². The van der Waals surface area contributed by atoms with Gasteiger partial charge in [-0.15, -0.1) is 0 Å². The lowest BCUT2D eigenvalue weighted by Gasteiger charge is -2.40. The molecule has 0 aliphatic rings. The number of Topliss-reactive ketones (excluding diaryl/α,β-unsaturated/α-hetero) is 1. The molecule has 0 bridgehead atoms. The summed E-state index contributed by atoms with van der Waals surface area (Å²) >= 11 is 0. The van der Waals surface area contributed by atoms with E-state index in [4.69, 9.17) is 9.16 Å². The van der Waals surface area contributed by atoms with Crippen LogP contribution in [-0.2, 0) is 18.8 Å². The van der Waals surface area contributed by atoms with Crippen LogP contribution in [0.4, 0.5) is 0 Å². The molecule has 0 heterocycles. The van der Waals surface area contributed by atoms with Gasteiger partial charge in [-0.05, 0) is 24.1 Å². The Morgan fingerprint density at radius 2 is 1.46 bits per heavy atom. The molecule has 0 aromatic carbocycles. The molecule has 0 unspecified atom stereocenters. The van der Waals surface area contributed by atoms with Crippen LogP contribution in [0, 0.1) is 11.8 Å². The summed E-state index contributed by atoms with van der Waals surface area (Å²) < 4.78 is 12.2. The number of carbonyl (C=O) groups is 2. The van der Waals surface area contributed by atoms with E-state index in [1.54, 1.807) is 0 Å². The monoisotopic (exact) mass is 358 g/mol. The third-order valence-electron chi connectivity index (χ3n) is 5.22. The summed E-state index contributed by atoms with van der Waals surface area (Å²) in [5.41, 5.74) is 0. The predicted octanol–water partition coefficient (Wildman–Crippen LogP) is 4.97. The Bertz CT molecular complexity index is 383. The first kappa shape index (κ1) is 23.3. The Morgan fingerprint density at radius 1 is 0.958 bits per heavy atom. The normalized spacial score (nSPS) is 15.9. The second-order valence-electron chi connectivity index (χ2n) is 7.17. The summed E-state index contributed by atoms with van der Waals surface area (Å²) in [6, 6.07) is 3.26. The average Bonchev–Trinajstić information content (AvgIpc) is 2.54. The maximum Gasteiger partial charge on any atom is 0.302 e. The Labute approximate surface area is 149 Å². The van der Waals surface area contributed by atoms with E-state index in [9.17, 15) is 9.59 Å². The van der Waals surface area contributed by atoms with E-state index in [1.807, 2.05) is 6.92 Å². The standard InChI is InChI=1S/C19H38O4Si/c1-9-17(21)13-18(22-16(8)20)15(7)19(14(5)6)23-24(10-2,11-3)12-4/h14-15,18-19H,9-13H2,1-8H3/t15-,18+,19+/m0/s1. The maximum absolute atomic E-state index is 11.9. The first-order chi connectivity index (χ1) is 11.2. The van der Waals surface area contributed by atoms with Crippen molar-refractivity contribution in [1.82, 2.24) is 0 Å². The minimum absolute atomic E-state index is 0.000856. The van der Waals surface area contributed by atoms with E-state index in [1.165, 1.54) is 6.92 Å². The summed E-state index contributed by atoms with van der Waals surface area (Å²) in [7, 11) is -1.77. The number of esters is 1. The zero-order valence-electron chi connectivity index (χ0n) is 17.0. The molecular weight excluding hydrogens is 320 g/mol. The lowest BCUT2D eigenvalue weighted by molar-refractivity contribution is -0.153. The smallest absolute Gasteiger partial charge is 0.302 e. The molecule has 3 atom stereocenters. The topological polar surface area (TPSA) is 52.6 Å². The zero-order valence-corrected chi connectivity index (χ0v) is 18.0. The van der Waals surface area contributed by atoms with Crippen LogP contribution in [0.5, 0.6) is 0 Å². The lowest BCUT2D eigenvalue weighted by Crippen LogP contribution is -2.47. The molecule has 0 rings (SSSR count). The first-order valence-electron chi connectivity index (χ1n) is 9.52. The number of hydrogen-bond acceptors (Lipinski definition) is 4. The highest BCUT2D eigenvalue weighted by molar-refractivity contribution is 6.73. The van der Waals surface area contributed by atoms with Crippen LogP contribution >= 0.6 is 0 Å². The van der Waals surface area contributed by atoms with Crippen LogP contribution in [0.25, 0.3) is 0 Å². The first-order valence-corrected chi connectivity index (χ1v) is 12.1. The summed E-state index contributed by atoms with van der Waals surface area (Å²) in [6.07, 6.45) is 0.350. The van der Waals surface area contributed by atoms with Gasteiger partial charge in [0.05, 0.1) is 6.10 Å². The highest BCUT2D eigenvalue weighted by atomic mass is 28.4. The fourth-order valence-corrected chi connectivity index (χ4v) is 6.33. The molecule has 0 amide bonds. The van der Waals surface area contributed by atoms with E-state index in [0.29, 0.717) is 12.3 Å². The quantitative estimate of drug-likeness (QED) is 0.365. The molecule has 0 fully saturated rings. The van der Waals surface area contributed by atoms with Crippen molar-refractivity contribution in [3.63, 3.8) is 0 Å². The molecule has 0 saturated carbocycles. The molecule has 5 heteroatoms. The second kappa shape index (κ2) is 11.0. The number of carbonyl (C=O) groups excluding carboxylic acids is 2. The Balaban J connectivity index is 5.42. The molecule has 0 spiro atoms. The van der Waals surface area contributed by atoms with Crippen molar-refractivity contribution in [2.24, 2.45) is 11.8 Å². The summed E-state index contributed by atoms with van der Waals surface area (Å²) in [5, 5.41) is 0. The fraction of sp³-hybridized carbons (Fsp3) is 0.895. The third kappa shape index (κ3) is 7.05. The van der Waals surface area contributed by atoms with Gasteiger partial charge in [-0.1, -0.05) is 48.5 Å². The van der Waals surface area contributed by atoms with Crippen LogP contribution in [0.2, 0.25) is 18.1 Å². The summed E-state index contributed by atoms with van der Waals surface area (Å²) in [5.74, 6) is 0.107. The van der Waals surface area contributed by atoms with Gasteiger partial charge in [-0.2, -0.15) is 0 Å². The summed E-state index contributed by atoms with van der Waals surface area (Å²) in [6.45, 7) is 16.2. The fourth-order valence-electron chi connectivity index (χ4n) is 3.27. The number of hydrogen-bond donors (Lipinski definition) is 0. The van der Waals surface area contributed by atoms with Gasteiger partial charge < -0.3 is 9.16 Å². The number of ether oxygens (including phenoxy) is 1. The zero-order chi connectivity index (χ0) is 18.9. The lowest BCUT2D eigenvalue weighted by atomic mass is 9.88. The summed E-state index contributed by atoms with van der Waals surface area (Å²) in [4.78, 5) is 23.4. The molecule has 0 aromatic heterocycles. The van der Waals surface area contributed by atoms with Gasteiger partial charge in [0.2, 0.25) is 0 Å². The average molecular weight is 359 g/mol. The van der Waals surface area contributed by atoms with Crippen LogP contribution < -0.4 is 0 Å². The molecule has 0 N–H and O–H groups in total. The Morgan fingerprint density at radius 3 is 1.79 bits per heavy atom. The van der Waals surface area contributed by atoms with Gasteiger partial charge >= 0.3 is 5.97 Å². The van der Waals surface area contributed by atoms with Gasteiger partial charge in [0.1, 0.15) is 11.9 Å².